The molecule has 0 spiro atoms. The topological polar surface area (TPSA) is 72.8 Å². The maximum atomic E-state index is 11.8. The Hall–Kier alpha value is -1.82. The minimum atomic E-state index is -2.19. The highest BCUT2D eigenvalue weighted by molar-refractivity contribution is 6.74. The van der Waals surface area contributed by atoms with Crippen molar-refractivity contribution in [3.63, 3.8) is 0 Å². The molecular formula is C15H22O5Si. The molecule has 0 amide bonds. The fraction of sp³-hybridized carbons (Fsp3) is 0.467. The quantitative estimate of drug-likeness (QED) is 0.513. The zero-order valence-corrected chi connectivity index (χ0v) is 14.3. The van der Waals surface area contributed by atoms with E-state index in [-0.39, 0.29) is 16.4 Å². The number of hydrogen-bond acceptors (Lipinski definition) is 4. The van der Waals surface area contributed by atoms with Crippen LogP contribution in [0.15, 0.2) is 18.2 Å². The molecule has 0 saturated heterocycles. The van der Waals surface area contributed by atoms with Gasteiger partial charge in [0.1, 0.15) is 11.5 Å². The van der Waals surface area contributed by atoms with Gasteiger partial charge in [0, 0.05) is 6.07 Å². The van der Waals surface area contributed by atoms with Gasteiger partial charge < -0.3 is 14.3 Å². The van der Waals surface area contributed by atoms with Gasteiger partial charge in [-0.15, -0.1) is 0 Å². The predicted octanol–water partition coefficient (Wildman–Crippen LogP) is 3.35. The Morgan fingerprint density at radius 3 is 2.19 bits per heavy atom. The summed E-state index contributed by atoms with van der Waals surface area (Å²) in [7, 11) is -0.690. The van der Waals surface area contributed by atoms with Gasteiger partial charge in [0.2, 0.25) is 0 Å². The molecule has 0 saturated carbocycles. The van der Waals surface area contributed by atoms with Crippen molar-refractivity contribution in [2.75, 3.05) is 7.11 Å². The number of rotatable bonds is 5. The number of ether oxygens (including phenoxy) is 1. The van der Waals surface area contributed by atoms with Crippen molar-refractivity contribution in [1.82, 2.24) is 0 Å². The first-order chi connectivity index (χ1) is 9.49. The average molecular weight is 310 g/mol. The number of carbonyl (C=O) groups excluding carboxylic acids is 1. The Balaban J connectivity index is 3.32. The average Bonchev–Trinajstić information content (AvgIpc) is 2.35. The summed E-state index contributed by atoms with van der Waals surface area (Å²) in [6, 6.07) is 4.54. The van der Waals surface area contributed by atoms with Gasteiger partial charge in [-0.05, 0) is 30.3 Å². The number of methoxy groups -OCH3 is 1. The molecule has 0 aromatic heterocycles. The predicted molar refractivity (Wildman–Crippen MR) is 82.8 cm³/mol. The lowest BCUT2D eigenvalue weighted by atomic mass is 10.1. The summed E-state index contributed by atoms with van der Waals surface area (Å²) in [6.45, 7) is 10.3. The van der Waals surface area contributed by atoms with E-state index in [0.29, 0.717) is 5.75 Å². The molecule has 1 rings (SSSR count). The van der Waals surface area contributed by atoms with Crippen molar-refractivity contribution in [3.8, 4) is 11.5 Å². The molecule has 0 bridgehead atoms. The van der Waals surface area contributed by atoms with Gasteiger partial charge in [-0.3, -0.25) is 4.79 Å². The van der Waals surface area contributed by atoms with E-state index < -0.39 is 20.1 Å². The Bertz CT molecular complexity index is 558. The van der Waals surface area contributed by atoms with Crippen LogP contribution in [0.4, 0.5) is 0 Å². The van der Waals surface area contributed by atoms with Crippen LogP contribution in [-0.2, 0) is 4.79 Å². The molecule has 116 valence electrons. The van der Waals surface area contributed by atoms with E-state index in [1.165, 1.54) is 13.2 Å². The lowest BCUT2D eigenvalue weighted by molar-refractivity contribution is -0.131. The Morgan fingerprint density at radius 2 is 1.76 bits per heavy atom. The summed E-state index contributed by atoms with van der Waals surface area (Å²) in [5, 5.41) is 8.85. The van der Waals surface area contributed by atoms with Crippen molar-refractivity contribution in [3.05, 3.63) is 23.8 Å². The second-order valence-electron chi connectivity index (χ2n) is 6.36. The molecular weight excluding hydrogens is 288 g/mol. The molecule has 0 heterocycles. The Morgan fingerprint density at radius 1 is 1.19 bits per heavy atom. The maximum Gasteiger partial charge on any atom is 0.377 e. The van der Waals surface area contributed by atoms with Gasteiger partial charge >= 0.3 is 5.97 Å². The van der Waals surface area contributed by atoms with E-state index in [0.717, 1.165) is 0 Å². The van der Waals surface area contributed by atoms with Crippen molar-refractivity contribution in [2.24, 2.45) is 0 Å². The normalized spacial score (nSPS) is 11.9. The summed E-state index contributed by atoms with van der Waals surface area (Å²) in [5.74, 6) is -1.69. The van der Waals surface area contributed by atoms with Crippen LogP contribution in [-0.4, -0.2) is 32.3 Å². The Labute approximate surface area is 126 Å². The van der Waals surface area contributed by atoms with Gasteiger partial charge in [-0.2, -0.15) is 0 Å². The molecule has 0 aliphatic rings. The first-order valence-corrected chi connectivity index (χ1v) is 9.55. The highest BCUT2D eigenvalue weighted by atomic mass is 28.4. The highest BCUT2D eigenvalue weighted by Crippen LogP contribution is 2.39. The largest absolute Gasteiger partial charge is 0.543 e. The van der Waals surface area contributed by atoms with Crippen molar-refractivity contribution >= 4 is 20.1 Å². The fourth-order valence-electron chi connectivity index (χ4n) is 1.44. The number of Topliss-reactive ketones (excluding diaryl/α,β-unsaturated/α-hetero) is 1. The van der Waals surface area contributed by atoms with Crippen LogP contribution in [0.1, 0.15) is 31.1 Å². The molecule has 0 aliphatic carbocycles. The van der Waals surface area contributed by atoms with Crippen molar-refractivity contribution < 1.29 is 23.9 Å². The van der Waals surface area contributed by atoms with E-state index in [2.05, 4.69) is 20.8 Å². The third kappa shape index (κ3) is 3.84. The van der Waals surface area contributed by atoms with Gasteiger partial charge in [0.05, 0.1) is 12.7 Å². The summed E-state index contributed by atoms with van der Waals surface area (Å²) in [5.41, 5.74) is 0.0492. The lowest BCUT2D eigenvalue weighted by Gasteiger charge is -2.36. The Kier molecular flexibility index (Phi) is 4.83. The van der Waals surface area contributed by atoms with Gasteiger partial charge in [0.15, 0.2) is 0 Å². The molecule has 1 aromatic carbocycles. The molecule has 1 N–H and O–H groups in total. The second kappa shape index (κ2) is 5.89. The molecule has 0 fully saturated rings. The minimum absolute atomic E-state index is 0.0492. The van der Waals surface area contributed by atoms with Crippen LogP contribution < -0.4 is 9.16 Å². The zero-order chi connectivity index (χ0) is 16.4. The maximum absolute atomic E-state index is 11.8. The number of hydrogen-bond donors (Lipinski definition) is 1. The molecule has 1 aromatic rings. The standard InChI is InChI=1S/C15H22O5Si/c1-15(2,3)21(5,6)20-12-9-10(19-4)7-8-11(12)13(16)14(17)18/h7-9H,1-6H3,(H,17,18). The number of benzene rings is 1. The number of carboxylic acid groups (broad SMARTS) is 1. The van der Waals surface area contributed by atoms with Crippen LogP contribution in [0.2, 0.25) is 18.1 Å². The van der Waals surface area contributed by atoms with Crippen molar-refractivity contribution in [1.29, 1.82) is 0 Å². The van der Waals surface area contributed by atoms with Crippen LogP contribution in [0.5, 0.6) is 11.5 Å². The molecule has 6 heteroatoms. The summed E-state index contributed by atoms with van der Waals surface area (Å²) >= 11 is 0. The SMILES string of the molecule is COc1ccc(C(=O)C(=O)O)c(O[Si](C)(C)C(C)(C)C)c1. The van der Waals surface area contributed by atoms with E-state index in [1.54, 1.807) is 12.1 Å². The number of carboxylic acids is 1. The van der Waals surface area contributed by atoms with E-state index in [4.69, 9.17) is 14.3 Å². The summed E-state index contributed by atoms with van der Waals surface area (Å²) in [6.07, 6.45) is 0. The lowest BCUT2D eigenvalue weighted by Crippen LogP contribution is -2.44. The molecule has 0 radical (unpaired) electrons. The first kappa shape index (κ1) is 17.2. The smallest absolute Gasteiger partial charge is 0.377 e. The third-order valence-electron chi connectivity index (χ3n) is 3.80. The van der Waals surface area contributed by atoms with E-state index >= 15 is 0 Å². The van der Waals surface area contributed by atoms with Crippen LogP contribution in [0, 0.1) is 0 Å². The van der Waals surface area contributed by atoms with Crippen LogP contribution in [0.25, 0.3) is 0 Å². The zero-order valence-electron chi connectivity index (χ0n) is 13.3. The highest BCUT2D eigenvalue weighted by Gasteiger charge is 2.40. The van der Waals surface area contributed by atoms with E-state index in [1.807, 2.05) is 13.1 Å². The van der Waals surface area contributed by atoms with E-state index in [9.17, 15) is 9.59 Å². The third-order valence-corrected chi connectivity index (χ3v) is 8.14. The second-order valence-corrected chi connectivity index (χ2v) is 11.1. The number of carbonyl (C=O) groups is 2. The fourth-order valence-corrected chi connectivity index (χ4v) is 2.47. The molecule has 5 nitrogen and oxygen atoms in total. The molecule has 0 aliphatic heterocycles. The minimum Gasteiger partial charge on any atom is -0.543 e. The molecule has 0 unspecified atom stereocenters. The van der Waals surface area contributed by atoms with Crippen molar-refractivity contribution in [2.45, 2.75) is 38.9 Å². The summed E-state index contributed by atoms with van der Waals surface area (Å²) < 4.78 is 11.2. The number of ketones is 1. The van der Waals surface area contributed by atoms with Crippen LogP contribution in [0.3, 0.4) is 0 Å². The van der Waals surface area contributed by atoms with Crippen LogP contribution >= 0.6 is 0 Å². The van der Waals surface area contributed by atoms with Gasteiger partial charge in [-0.1, -0.05) is 20.8 Å². The molecule has 21 heavy (non-hydrogen) atoms. The molecule has 0 atom stereocenters. The first-order valence-electron chi connectivity index (χ1n) is 6.64. The monoisotopic (exact) mass is 310 g/mol. The summed E-state index contributed by atoms with van der Waals surface area (Å²) in [4.78, 5) is 22.7. The van der Waals surface area contributed by atoms with Gasteiger partial charge in [-0.25, -0.2) is 4.79 Å². The number of aliphatic carboxylic acids is 1. The van der Waals surface area contributed by atoms with Gasteiger partial charge in [0.25, 0.3) is 14.1 Å².